The van der Waals surface area contributed by atoms with Crippen molar-refractivity contribution in [1.82, 2.24) is 14.8 Å². The average molecular weight is 183 g/mol. The van der Waals surface area contributed by atoms with Crippen LogP contribution in [0.2, 0.25) is 0 Å². The molecule has 0 saturated heterocycles. The molecule has 13 heavy (non-hydrogen) atoms. The van der Waals surface area contributed by atoms with E-state index in [0.29, 0.717) is 5.95 Å². The maximum atomic E-state index is 5.62. The van der Waals surface area contributed by atoms with E-state index in [9.17, 15) is 0 Å². The van der Waals surface area contributed by atoms with Crippen molar-refractivity contribution < 1.29 is 0 Å². The molecule has 1 heterocycles. The van der Waals surface area contributed by atoms with E-state index >= 15 is 0 Å². The van der Waals surface area contributed by atoms with Gasteiger partial charge in [-0.2, -0.15) is 10.1 Å². The lowest BCUT2D eigenvalue weighted by molar-refractivity contribution is 0.610. The van der Waals surface area contributed by atoms with E-state index in [1.165, 1.54) is 0 Å². The van der Waals surface area contributed by atoms with E-state index in [-0.39, 0.29) is 6.04 Å². The largest absolute Gasteiger partial charge is 0.368 e. The summed E-state index contributed by atoms with van der Waals surface area (Å²) in [5, 5.41) is 4.15. The molecule has 0 aliphatic rings. The Kier molecular flexibility index (Phi) is 3.25. The van der Waals surface area contributed by atoms with Crippen molar-refractivity contribution >= 4 is 5.95 Å². The summed E-state index contributed by atoms with van der Waals surface area (Å²) in [5.74, 6) is 1.27. The van der Waals surface area contributed by atoms with Gasteiger partial charge in [-0.15, -0.1) is 0 Å². The molecule has 1 rings (SSSR count). The van der Waals surface area contributed by atoms with Gasteiger partial charge in [0.15, 0.2) is 5.82 Å². The molecule has 5 heteroatoms. The quantitative estimate of drug-likeness (QED) is 0.691. The fourth-order valence-corrected chi connectivity index (χ4v) is 1.14. The molecule has 0 bridgehead atoms. The van der Waals surface area contributed by atoms with Crippen LogP contribution in [0.15, 0.2) is 0 Å². The van der Waals surface area contributed by atoms with Crippen molar-refractivity contribution in [3.05, 3.63) is 5.82 Å². The molecule has 1 atom stereocenters. The highest BCUT2D eigenvalue weighted by molar-refractivity contribution is 5.15. The summed E-state index contributed by atoms with van der Waals surface area (Å²) in [4.78, 5) is 4.10. The zero-order chi connectivity index (χ0) is 9.84. The lowest BCUT2D eigenvalue weighted by Crippen LogP contribution is -2.14. The molecule has 0 spiro atoms. The van der Waals surface area contributed by atoms with Gasteiger partial charge >= 0.3 is 0 Å². The van der Waals surface area contributed by atoms with Crippen LogP contribution in [-0.4, -0.2) is 20.8 Å². The van der Waals surface area contributed by atoms with E-state index in [2.05, 4.69) is 10.1 Å². The van der Waals surface area contributed by atoms with Gasteiger partial charge in [-0.05, 0) is 19.8 Å². The molecule has 0 saturated carbocycles. The molecule has 1 aromatic heterocycles. The number of nitrogens with two attached hydrogens (primary N) is 2. The molecule has 0 radical (unpaired) electrons. The summed E-state index contributed by atoms with van der Waals surface area (Å²) in [6, 6.07) is 0.251. The molecule has 0 aliphatic heterocycles. The summed E-state index contributed by atoms with van der Waals surface area (Å²) in [5.41, 5.74) is 11.2. The van der Waals surface area contributed by atoms with Crippen LogP contribution >= 0.6 is 0 Å². The van der Waals surface area contributed by atoms with Crippen LogP contribution in [0.3, 0.4) is 0 Å². The Morgan fingerprint density at radius 3 is 2.69 bits per heavy atom. The molecule has 0 fully saturated rings. The molecular formula is C8H17N5. The lowest BCUT2D eigenvalue weighted by atomic mass is 10.1. The number of rotatable bonds is 4. The third-order valence-electron chi connectivity index (χ3n) is 1.90. The average Bonchev–Trinajstić information content (AvgIpc) is 2.30. The van der Waals surface area contributed by atoms with Crippen LogP contribution in [0.4, 0.5) is 5.95 Å². The Hall–Kier alpha value is -1.10. The van der Waals surface area contributed by atoms with Crippen LogP contribution in [0.1, 0.15) is 25.6 Å². The molecule has 0 amide bonds. The van der Waals surface area contributed by atoms with Crippen molar-refractivity contribution in [1.29, 1.82) is 0 Å². The number of hydrogen-bond acceptors (Lipinski definition) is 4. The van der Waals surface area contributed by atoms with Gasteiger partial charge in [0.25, 0.3) is 0 Å². The van der Waals surface area contributed by atoms with E-state index in [0.717, 1.165) is 25.1 Å². The Balaban J connectivity index is 2.37. The summed E-state index contributed by atoms with van der Waals surface area (Å²) in [6.45, 7) is 2.00. The first-order chi connectivity index (χ1) is 6.09. The van der Waals surface area contributed by atoms with Crippen molar-refractivity contribution in [3.63, 3.8) is 0 Å². The third kappa shape index (κ3) is 3.02. The van der Waals surface area contributed by atoms with Crippen molar-refractivity contribution in [2.24, 2.45) is 12.8 Å². The molecule has 5 nitrogen and oxygen atoms in total. The second kappa shape index (κ2) is 4.23. The predicted molar refractivity (Wildman–Crippen MR) is 52.0 cm³/mol. The Morgan fingerprint density at radius 2 is 2.23 bits per heavy atom. The summed E-state index contributed by atoms with van der Waals surface area (Å²) < 4.78 is 1.58. The molecule has 4 N–H and O–H groups in total. The van der Waals surface area contributed by atoms with Crippen LogP contribution in [0.5, 0.6) is 0 Å². The zero-order valence-electron chi connectivity index (χ0n) is 8.20. The SMILES string of the molecule is CC(N)CCCc1nc(N)n(C)n1. The molecule has 1 aromatic rings. The third-order valence-corrected chi connectivity index (χ3v) is 1.90. The number of anilines is 1. The number of nitrogen functional groups attached to an aromatic ring is 1. The Labute approximate surface area is 78.1 Å². The van der Waals surface area contributed by atoms with Crippen LogP contribution in [-0.2, 0) is 13.5 Å². The minimum absolute atomic E-state index is 0.251. The normalized spacial score (nSPS) is 13.2. The second-order valence-corrected chi connectivity index (χ2v) is 3.38. The van der Waals surface area contributed by atoms with E-state index in [1.807, 2.05) is 6.92 Å². The van der Waals surface area contributed by atoms with E-state index < -0.39 is 0 Å². The number of aryl methyl sites for hydroxylation is 2. The zero-order valence-corrected chi connectivity index (χ0v) is 8.20. The van der Waals surface area contributed by atoms with Gasteiger partial charge in [-0.3, -0.25) is 0 Å². The Bertz CT molecular complexity index is 246. The number of hydrogen-bond donors (Lipinski definition) is 2. The first-order valence-corrected chi connectivity index (χ1v) is 4.50. The maximum Gasteiger partial charge on any atom is 0.218 e. The fraction of sp³-hybridized carbons (Fsp3) is 0.750. The molecular weight excluding hydrogens is 166 g/mol. The van der Waals surface area contributed by atoms with Crippen molar-refractivity contribution in [3.8, 4) is 0 Å². The summed E-state index contributed by atoms with van der Waals surface area (Å²) in [6.07, 6.45) is 2.87. The Morgan fingerprint density at radius 1 is 1.54 bits per heavy atom. The number of aromatic nitrogens is 3. The van der Waals surface area contributed by atoms with Gasteiger partial charge in [0, 0.05) is 19.5 Å². The molecule has 0 aromatic carbocycles. The van der Waals surface area contributed by atoms with Gasteiger partial charge in [-0.1, -0.05) is 0 Å². The van der Waals surface area contributed by atoms with Crippen LogP contribution in [0, 0.1) is 0 Å². The monoisotopic (exact) mass is 183 g/mol. The number of nitrogens with zero attached hydrogens (tertiary/aromatic N) is 3. The highest BCUT2D eigenvalue weighted by atomic mass is 15.4. The molecule has 74 valence electrons. The van der Waals surface area contributed by atoms with Gasteiger partial charge in [0.05, 0.1) is 0 Å². The summed E-state index contributed by atoms with van der Waals surface area (Å²) in [7, 11) is 1.79. The van der Waals surface area contributed by atoms with Crippen LogP contribution in [0.25, 0.3) is 0 Å². The predicted octanol–water partition coefficient (Wildman–Crippen LogP) is 0.0672. The topological polar surface area (TPSA) is 82.7 Å². The van der Waals surface area contributed by atoms with Crippen molar-refractivity contribution in [2.45, 2.75) is 32.2 Å². The van der Waals surface area contributed by atoms with Gasteiger partial charge < -0.3 is 11.5 Å². The lowest BCUT2D eigenvalue weighted by Gasteiger charge is -2.01. The van der Waals surface area contributed by atoms with E-state index in [4.69, 9.17) is 11.5 Å². The van der Waals surface area contributed by atoms with Gasteiger partial charge in [-0.25, -0.2) is 4.68 Å². The maximum absolute atomic E-state index is 5.62. The molecule has 0 aliphatic carbocycles. The second-order valence-electron chi connectivity index (χ2n) is 3.38. The minimum Gasteiger partial charge on any atom is -0.368 e. The fourth-order valence-electron chi connectivity index (χ4n) is 1.14. The van der Waals surface area contributed by atoms with Crippen molar-refractivity contribution in [2.75, 3.05) is 5.73 Å². The first kappa shape index (κ1) is 9.98. The van der Waals surface area contributed by atoms with Gasteiger partial charge in [0.2, 0.25) is 5.95 Å². The first-order valence-electron chi connectivity index (χ1n) is 4.50. The van der Waals surface area contributed by atoms with E-state index in [1.54, 1.807) is 11.7 Å². The standard InChI is InChI=1S/C8H17N5/c1-6(9)4-3-5-7-11-8(10)13(2)12-7/h6H,3-5,9H2,1-2H3,(H2,10,11,12). The molecule has 1 unspecified atom stereocenters. The highest BCUT2D eigenvalue weighted by Crippen LogP contribution is 2.03. The minimum atomic E-state index is 0.251. The van der Waals surface area contributed by atoms with Gasteiger partial charge in [0.1, 0.15) is 0 Å². The van der Waals surface area contributed by atoms with Crippen LogP contribution < -0.4 is 11.5 Å². The smallest absolute Gasteiger partial charge is 0.218 e. The highest BCUT2D eigenvalue weighted by Gasteiger charge is 2.03. The summed E-state index contributed by atoms with van der Waals surface area (Å²) >= 11 is 0.